The first kappa shape index (κ1) is 18.0. The monoisotopic (exact) mass is 375 g/mol. The summed E-state index contributed by atoms with van der Waals surface area (Å²) in [4.78, 5) is 16.4. The summed E-state index contributed by atoms with van der Waals surface area (Å²) in [6.07, 6.45) is 5.12. The molecule has 2 aromatic carbocycles. The number of aliphatic hydroxyl groups is 1. The summed E-state index contributed by atoms with van der Waals surface area (Å²) in [6, 6.07) is 16.2. The predicted molar refractivity (Wildman–Crippen MR) is 108 cm³/mol. The number of rotatable bonds is 4. The second kappa shape index (κ2) is 8.10. The van der Waals surface area contributed by atoms with Gasteiger partial charge in [0.25, 0.3) is 0 Å². The Morgan fingerprint density at radius 3 is 2.54 bits per heavy atom. The van der Waals surface area contributed by atoms with E-state index in [2.05, 4.69) is 15.6 Å². The second-order valence-corrected chi connectivity index (χ2v) is 6.73. The number of hydrogen-bond donors (Lipinski definition) is 3. The van der Waals surface area contributed by atoms with Crippen molar-refractivity contribution < 1.29 is 14.6 Å². The number of ether oxygens (including phenoxy) is 1. The Kier molecular flexibility index (Phi) is 5.21. The van der Waals surface area contributed by atoms with Crippen LogP contribution in [0.4, 0.5) is 16.2 Å². The van der Waals surface area contributed by atoms with Gasteiger partial charge in [-0.2, -0.15) is 0 Å². The second-order valence-electron chi connectivity index (χ2n) is 6.73. The van der Waals surface area contributed by atoms with Crippen LogP contribution in [0.25, 0.3) is 0 Å². The molecule has 28 heavy (non-hydrogen) atoms. The zero-order valence-electron chi connectivity index (χ0n) is 15.3. The fraction of sp³-hybridized carbons (Fsp3) is 0.182. The molecule has 0 aliphatic heterocycles. The largest absolute Gasteiger partial charge is 0.457 e. The number of carbonyl (C=O) groups is 1. The van der Waals surface area contributed by atoms with Gasteiger partial charge in [-0.05, 0) is 66.4 Å². The molecule has 1 aliphatic carbocycles. The highest BCUT2D eigenvalue weighted by molar-refractivity contribution is 6.00. The fourth-order valence-corrected chi connectivity index (χ4v) is 3.32. The van der Waals surface area contributed by atoms with E-state index in [1.807, 2.05) is 18.2 Å². The zero-order chi connectivity index (χ0) is 19.3. The van der Waals surface area contributed by atoms with Crippen LogP contribution in [0.3, 0.4) is 0 Å². The molecule has 0 saturated carbocycles. The van der Waals surface area contributed by atoms with Crippen molar-refractivity contribution in [1.82, 2.24) is 4.98 Å². The summed E-state index contributed by atoms with van der Waals surface area (Å²) in [5.74, 6) is 1.37. The fourth-order valence-electron chi connectivity index (χ4n) is 3.32. The van der Waals surface area contributed by atoms with Gasteiger partial charge in [0.1, 0.15) is 11.5 Å². The third-order valence-electron chi connectivity index (χ3n) is 4.71. The first-order valence-corrected chi connectivity index (χ1v) is 9.22. The smallest absolute Gasteiger partial charge is 0.323 e. The summed E-state index contributed by atoms with van der Waals surface area (Å²) in [5.41, 5.74) is 3.59. The van der Waals surface area contributed by atoms with Crippen molar-refractivity contribution in [3.8, 4) is 11.5 Å². The van der Waals surface area contributed by atoms with Gasteiger partial charge in [-0.15, -0.1) is 0 Å². The molecule has 3 N–H and O–H groups in total. The Hall–Kier alpha value is -3.38. The molecule has 142 valence electrons. The highest BCUT2D eigenvalue weighted by atomic mass is 16.5. The lowest BCUT2D eigenvalue weighted by atomic mass is 9.88. The Bertz CT molecular complexity index is 959. The van der Waals surface area contributed by atoms with Crippen molar-refractivity contribution in [1.29, 1.82) is 0 Å². The van der Waals surface area contributed by atoms with Gasteiger partial charge in [-0.3, -0.25) is 4.98 Å². The Morgan fingerprint density at radius 2 is 1.75 bits per heavy atom. The molecular formula is C22H21N3O3. The number of aliphatic hydroxyl groups excluding tert-OH is 1. The SMILES string of the molecule is O=C(Nc1ccc(Oc2ccncc2)cc1)Nc1cccc2c1CC(O)CC2. The Balaban J connectivity index is 1.39. The van der Waals surface area contributed by atoms with Gasteiger partial charge in [-0.25, -0.2) is 4.79 Å². The number of hydrogen-bond acceptors (Lipinski definition) is 4. The number of aryl methyl sites for hydroxylation is 1. The van der Waals surface area contributed by atoms with E-state index in [-0.39, 0.29) is 12.1 Å². The van der Waals surface area contributed by atoms with Gasteiger partial charge in [0.05, 0.1) is 6.10 Å². The van der Waals surface area contributed by atoms with Crippen LogP contribution in [0.2, 0.25) is 0 Å². The maximum atomic E-state index is 12.4. The lowest BCUT2D eigenvalue weighted by Gasteiger charge is -2.23. The maximum Gasteiger partial charge on any atom is 0.323 e. The number of fused-ring (bicyclic) bond motifs is 1. The van der Waals surface area contributed by atoms with E-state index >= 15 is 0 Å². The first-order valence-electron chi connectivity index (χ1n) is 9.22. The van der Waals surface area contributed by atoms with Crippen molar-refractivity contribution in [3.05, 3.63) is 78.1 Å². The summed E-state index contributed by atoms with van der Waals surface area (Å²) in [6.45, 7) is 0. The summed E-state index contributed by atoms with van der Waals surface area (Å²) >= 11 is 0. The molecule has 1 atom stereocenters. The van der Waals surface area contributed by atoms with E-state index in [4.69, 9.17) is 4.74 Å². The number of benzene rings is 2. The average molecular weight is 375 g/mol. The number of nitrogens with zero attached hydrogens (tertiary/aromatic N) is 1. The summed E-state index contributed by atoms with van der Waals surface area (Å²) in [7, 11) is 0. The lowest BCUT2D eigenvalue weighted by molar-refractivity contribution is 0.159. The number of anilines is 2. The van der Waals surface area contributed by atoms with E-state index < -0.39 is 0 Å². The van der Waals surface area contributed by atoms with E-state index in [0.29, 0.717) is 23.6 Å². The molecule has 0 bridgehead atoms. The van der Waals surface area contributed by atoms with Crippen molar-refractivity contribution in [3.63, 3.8) is 0 Å². The molecule has 0 fully saturated rings. The van der Waals surface area contributed by atoms with Crippen LogP contribution in [0, 0.1) is 0 Å². The molecule has 2 amide bonds. The number of amides is 2. The molecule has 1 unspecified atom stereocenters. The molecule has 0 saturated heterocycles. The first-order chi connectivity index (χ1) is 13.7. The zero-order valence-corrected chi connectivity index (χ0v) is 15.3. The quantitative estimate of drug-likeness (QED) is 0.632. The van der Waals surface area contributed by atoms with Crippen molar-refractivity contribution in [2.45, 2.75) is 25.4 Å². The molecule has 1 aliphatic rings. The standard InChI is InChI=1S/C22H21N3O3/c26-17-7-4-15-2-1-3-21(20(15)14-17)25-22(27)24-16-5-8-18(9-6-16)28-19-10-12-23-13-11-19/h1-3,5-6,8-13,17,26H,4,7,14H2,(H2,24,25,27). The molecule has 6 heteroatoms. The van der Waals surface area contributed by atoms with Crippen molar-refractivity contribution in [2.24, 2.45) is 0 Å². The van der Waals surface area contributed by atoms with Gasteiger partial charge >= 0.3 is 6.03 Å². The number of nitrogens with one attached hydrogen (secondary N) is 2. The highest BCUT2D eigenvalue weighted by Crippen LogP contribution is 2.28. The predicted octanol–water partition coefficient (Wildman–Crippen LogP) is 4.37. The van der Waals surface area contributed by atoms with Crippen LogP contribution in [-0.4, -0.2) is 22.2 Å². The van der Waals surface area contributed by atoms with Gasteiger partial charge in [-0.1, -0.05) is 12.1 Å². The van der Waals surface area contributed by atoms with Crippen molar-refractivity contribution in [2.75, 3.05) is 10.6 Å². The molecule has 6 nitrogen and oxygen atoms in total. The molecule has 1 aromatic heterocycles. The molecule has 0 spiro atoms. The van der Waals surface area contributed by atoms with Crippen LogP contribution in [0.1, 0.15) is 17.5 Å². The van der Waals surface area contributed by atoms with Gasteiger partial charge in [0, 0.05) is 30.2 Å². The highest BCUT2D eigenvalue weighted by Gasteiger charge is 2.19. The third-order valence-corrected chi connectivity index (χ3v) is 4.71. The number of urea groups is 1. The summed E-state index contributed by atoms with van der Waals surface area (Å²) in [5, 5.41) is 15.7. The molecule has 0 radical (unpaired) electrons. The minimum atomic E-state index is -0.355. The van der Waals surface area contributed by atoms with E-state index in [9.17, 15) is 9.90 Å². The third kappa shape index (κ3) is 4.29. The van der Waals surface area contributed by atoms with Gasteiger partial charge in [0.2, 0.25) is 0 Å². The van der Waals surface area contributed by atoms with Crippen LogP contribution in [0.5, 0.6) is 11.5 Å². The minimum absolute atomic E-state index is 0.323. The normalized spacial score (nSPS) is 15.4. The van der Waals surface area contributed by atoms with Crippen molar-refractivity contribution >= 4 is 17.4 Å². The topological polar surface area (TPSA) is 83.5 Å². The molecule has 4 rings (SSSR count). The maximum absolute atomic E-state index is 12.4. The molecular weight excluding hydrogens is 354 g/mol. The number of pyridine rings is 1. The molecule has 3 aromatic rings. The van der Waals surface area contributed by atoms with Crippen LogP contribution in [-0.2, 0) is 12.8 Å². The minimum Gasteiger partial charge on any atom is -0.457 e. The molecule has 1 heterocycles. The van der Waals surface area contributed by atoms with Crippen LogP contribution >= 0.6 is 0 Å². The van der Waals surface area contributed by atoms with Gasteiger partial charge in [0.15, 0.2) is 0 Å². The summed E-state index contributed by atoms with van der Waals surface area (Å²) < 4.78 is 5.71. The van der Waals surface area contributed by atoms with Crippen LogP contribution in [0.15, 0.2) is 67.0 Å². The van der Waals surface area contributed by atoms with Gasteiger partial charge < -0.3 is 20.5 Å². The Morgan fingerprint density at radius 1 is 1.00 bits per heavy atom. The van der Waals surface area contributed by atoms with Crippen LogP contribution < -0.4 is 15.4 Å². The lowest BCUT2D eigenvalue weighted by Crippen LogP contribution is -2.24. The number of carbonyl (C=O) groups excluding carboxylic acids is 1. The van der Waals surface area contributed by atoms with E-state index in [1.165, 1.54) is 5.56 Å². The average Bonchev–Trinajstić information content (AvgIpc) is 2.71. The van der Waals surface area contributed by atoms with E-state index in [0.717, 1.165) is 24.1 Å². The van der Waals surface area contributed by atoms with E-state index in [1.54, 1.807) is 48.8 Å². The number of aromatic nitrogens is 1. The Labute approximate surface area is 163 Å².